The van der Waals surface area contributed by atoms with Gasteiger partial charge >= 0.3 is 0 Å². The summed E-state index contributed by atoms with van der Waals surface area (Å²) in [7, 11) is 1.92. The standard InChI is InChI=1S/C17H19ClN2/c1-3-7-17(14-8-5-4-6-9-14)20(19-2)16-12-10-15(18)11-13-16/h4-13,19H,3H2,1-2H3/b17-7-. The molecule has 1 N–H and O–H groups in total. The highest BCUT2D eigenvalue weighted by molar-refractivity contribution is 6.30. The Bertz CT molecular complexity index is 561. The molecule has 0 atom stereocenters. The minimum Gasteiger partial charge on any atom is -0.277 e. The lowest BCUT2D eigenvalue weighted by Crippen LogP contribution is -2.33. The predicted octanol–water partition coefficient (Wildman–Crippen LogP) is 4.73. The molecule has 0 amide bonds. The molecule has 0 spiro atoms. The van der Waals surface area contributed by atoms with Gasteiger partial charge in [0.15, 0.2) is 0 Å². The minimum absolute atomic E-state index is 0.741. The molecular weight excluding hydrogens is 268 g/mol. The van der Waals surface area contributed by atoms with Crippen LogP contribution in [0.1, 0.15) is 18.9 Å². The van der Waals surface area contributed by atoms with Crippen LogP contribution in [0.4, 0.5) is 5.69 Å². The van der Waals surface area contributed by atoms with E-state index in [9.17, 15) is 0 Å². The zero-order valence-corrected chi connectivity index (χ0v) is 12.6. The molecule has 104 valence electrons. The summed E-state index contributed by atoms with van der Waals surface area (Å²) in [5, 5.41) is 2.81. The first-order valence-electron chi connectivity index (χ1n) is 6.75. The highest BCUT2D eigenvalue weighted by Gasteiger charge is 2.11. The largest absolute Gasteiger partial charge is 0.277 e. The Morgan fingerprint density at radius 1 is 1.10 bits per heavy atom. The Kier molecular flexibility index (Phi) is 5.22. The Morgan fingerprint density at radius 3 is 2.30 bits per heavy atom. The molecule has 3 heteroatoms. The Balaban J connectivity index is 2.41. The maximum atomic E-state index is 5.96. The second-order valence-corrected chi connectivity index (χ2v) is 4.84. The van der Waals surface area contributed by atoms with Crippen LogP contribution in [0.5, 0.6) is 0 Å². The van der Waals surface area contributed by atoms with E-state index in [0.717, 1.165) is 22.8 Å². The van der Waals surface area contributed by atoms with Crippen LogP contribution in [-0.4, -0.2) is 7.05 Å². The molecule has 2 aromatic carbocycles. The van der Waals surface area contributed by atoms with Gasteiger partial charge in [-0.3, -0.25) is 5.01 Å². The van der Waals surface area contributed by atoms with Gasteiger partial charge < -0.3 is 0 Å². The van der Waals surface area contributed by atoms with Gasteiger partial charge in [0.2, 0.25) is 0 Å². The summed E-state index contributed by atoms with van der Waals surface area (Å²) in [5.74, 6) is 0. The van der Waals surface area contributed by atoms with Crippen LogP contribution in [0.15, 0.2) is 60.7 Å². The molecule has 0 bridgehead atoms. The first-order chi connectivity index (χ1) is 9.76. The molecule has 0 aromatic heterocycles. The second-order valence-electron chi connectivity index (χ2n) is 4.40. The molecule has 2 rings (SSSR count). The molecule has 0 aliphatic rings. The lowest BCUT2D eigenvalue weighted by atomic mass is 10.1. The normalized spacial score (nSPS) is 11.4. The number of anilines is 1. The van der Waals surface area contributed by atoms with Crippen LogP contribution >= 0.6 is 11.6 Å². The van der Waals surface area contributed by atoms with Crippen molar-refractivity contribution in [1.29, 1.82) is 0 Å². The topological polar surface area (TPSA) is 15.3 Å². The molecule has 0 radical (unpaired) electrons. The molecule has 2 aromatic rings. The number of nitrogens with one attached hydrogen (secondary N) is 1. The number of rotatable bonds is 5. The number of benzene rings is 2. The van der Waals surface area contributed by atoms with Gasteiger partial charge in [0.05, 0.1) is 11.4 Å². The lowest BCUT2D eigenvalue weighted by molar-refractivity contribution is 0.838. The van der Waals surface area contributed by atoms with Gasteiger partial charge in [-0.2, -0.15) is 0 Å². The molecule has 0 saturated carbocycles. The van der Waals surface area contributed by atoms with Crippen LogP contribution in [-0.2, 0) is 0 Å². The summed E-state index contributed by atoms with van der Waals surface area (Å²) in [6, 6.07) is 18.2. The van der Waals surface area contributed by atoms with Crippen molar-refractivity contribution in [1.82, 2.24) is 5.43 Å². The van der Waals surface area contributed by atoms with Crippen LogP contribution in [0.2, 0.25) is 5.02 Å². The van der Waals surface area contributed by atoms with E-state index in [1.807, 2.05) is 37.4 Å². The fourth-order valence-electron chi connectivity index (χ4n) is 2.12. The zero-order valence-electron chi connectivity index (χ0n) is 11.8. The first-order valence-corrected chi connectivity index (χ1v) is 7.12. The van der Waals surface area contributed by atoms with Crippen LogP contribution in [0, 0.1) is 0 Å². The van der Waals surface area contributed by atoms with Crippen LogP contribution in [0.3, 0.4) is 0 Å². The number of hydrazine groups is 1. The van der Waals surface area contributed by atoms with E-state index < -0.39 is 0 Å². The van der Waals surface area contributed by atoms with Crippen molar-refractivity contribution in [2.45, 2.75) is 13.3 Å². The maximum absolute atomic E-state index is 5.96. The first kappa shape index (κ1) is 14.6. The minimum atomic E-state index is 0.741. The van der Waals surface area contributed by atoms with Crippen molar-refractivity contribution >= 4 is 23.0 Å². The smallest absolute Gasteiger partial charge is 0.0610 e. The fourth-order valence-corrected chi connectivity index (χ4v) is 2.25. The molecule has 20 heavy (non-hydrogen) atoms. The van der Waals surface area contributed by atoms with Gasteiger partial charge in [0.25, 0.3) is 0 Å². The molecule has 2 nitrogen and oxygen atoms in total. The third kappa shape index (κ3) is 3.41. The van der Waals surface area contributed by atoms with Crippen LogP contribution < -0.4 is 10.4 Å². The van der Waals surface area contributed by atoms with Crippen molar-refractivity contribution in [2.24, 2.45) is 0 Å². The quantitative estimate of drug-likeness (QED) is 0.799. The summed E-state index contributed by atoms with van der Waals surface area (Å²) >= 11 is 5.96. The van der Waals surface area contributed by atoms with E-state index in [-0.39, 0.29) is 0 Å². The summed E-state index contributed by atoms with van der Waals surface area (Å²) in [4.78, 5) is 0. The highest BCUT2D eigenvalue weighted by atomic mass is 35.5. The molecule has 0 fully saturated rings. The number of hydrogen-bond acceptors (Lipinski definition) is 2. The van der Waals surface area contributed by atoms with Crippen molar-refractivity contribution < 1.29 is 0 Å². The van der Waals surface area contributed by atoms with Gasteiger partial charge in [-0.25, -0.2) is 5.43 Å². The van der Waals surface area contributed by atoms with E-state index in [0.29, 0.717) is 0 Å². The van der Waals surface area contributed by atoms with E-state index in [1.165, 1.54) is 5.56 Å². The van der Waals surface area contributed by atoms with Crippen molar-refractivity contribution in [3.8, 4) is 0 Å². The third-order valence-corrected chi connectivity index (χ3v) is 3.27. The number of hydrogen-bond donors (Lipinski definition) is 1. The van der Waals surface area contributed by atoms with E-state index in [4.69, 9.17) is 11.6 Å². The highest BCUT2D eigenvalue weighted by Crippen LogP contribution is 2.26. The van der Waals surface area contributed by atoms with Gasteiger partial charge in [0.1, 0.15) is 0 Å². The second kappa shape index (κ2) is 7.13. The number of nitrogens with zero attached hydrogens (tertiary/aromatic N) is 1. The number of halogens is 1. The van der Waals surface area contributed by atoms with Gasteiger partial charge in [0, 0.05) is 12.1 Å². The van der Waals surface area contributed by atoms with Gasteiger partial charge in [-0.1, -0.05) is 54.9 Å². The van der Waals surface area contributed by atoms with E-state index in [1.54, 1.807) is 0 Å². The Hall–Kier alpha value is -1.77. The molecule has 0 aliphatic carbocycles. The molecule has 0 aliphatic heterocycles. The summed E-state index contributed by atoms with van der Waals surface area (Å²) in [6.07, 6.45) is 3.18. The van der Waals surface area contributed by atoms with E-state index in [2.05, 4.69) is 47.7 Å². The van der Waals surface area contributed by atoms with Gasteiger partial charge in [-0.05, 0) is 36.2 Å². The fraction of sp³-hybridized carbons (Fsp3) is 0.176. The van der Waals surface area contributed by atoms with Crippen molar-refractivity contribution in [3.05, 3.63) is 71.3 Å². The molecule has 0 saturated heterocycles. The van der Waals surface area contributed by atoms with Crippen molar-refractivity contribution in [3.63, 3.8) is 0 Å². The Morgan fingerprint density at radius 2 is 1.75 bits per heavy atom. The summed E-state index contributed by atoms with van der Waals surface area (Å²) < 4.78 is 0. The molecule has 0 heterocycles. The Labute approximate surface area is 125 Å². The third-order valence-electron chi connectivity index (χ3n) is 3.02. The zero-order chi connectivity index (χ0) is 14.4. The monoisotopic (exact) mass is 286 g/mol. The van der Waals surface area contributed by atoms with E-state index >= 15 is 0 Å². The summed E-state index contributed by atoms with van der Waals surface area (Å²) in [6.45, 7) is 2.14. The maximum Gasteiger partial charge on any atom is 0.0610 e. The average molecular weight is 287 g/mol. The SMILES string of the molecule is CC/C=C(/c1ccccc1)N(NC)c1ccc(Cl)cc1. The summed E-state index contributed by atoms with van der Waals surface area (Å²) in [5.41, 5.74) is 6.62. The number of allylic oxidation sites excluding steroid dienone is 1. The average Bonchev–Trinajstić information content (AvgIpc) is 2.50. The van der Waals surface area contributed by atoms with Crippen LogP contribution in [0.25, 0.3) is 5.70 Å². The molecular formula is C17H19ClN2. The predicted molar refractivity (Wildman–Crippen MR) is 87.7 cm³/mol. The molecule has 0 unspecified atom stereocenters. The van der Waals surface area contributed by atoms with Gasteiger partial charge in [-0.15, -0.1) is 0 Å². The van der Waals surface area contributed by atoms with Crippen molar-refractivity contribution in [2.75, 3.05) is 12.1 Å². The lowest BCUT2D eigenvalue weighted by Gasteiger charge is -2.27.